The lowest BCUT2D eigenvalue weighted by molar-refractivity contribution is -0.119. The Morgan fingerprint density at radius 1 is 1.47 bits per heavy atom. The summed E-state index contributed by atoms with van der Waals surface area (Å²) in [5, 5.41) is 0. The van der Waals surface area contributed by atoms with Crippen molar-refractivity contribution in [3.05, 3.63) is 18.2 Å². The summed E-state index contributed by atoms with van der Waals surface area (Å²) >= 11 is 1.60. The van der Waals surface area contributed by atoms with Crippen molar-refractivity contribution in [3.8, 4) is 11.5 Å². The van der Waals surface area contributed by atoms with Crippen molar-refractivity contribution >= 4 is 17.7 Å². The average Bonchev–Trinajstić information content (AvgIpc) is 2.25. The van der Waals surface area contributed by atoms with Crippen molar-refractivity contribution in [2.24, 2.45) is 5.73 Å². The molecule has 82 valence electrons. The molecule has 0 radical (unpaired) electrons. The van der Waals surface area contributed by atoms with Gasteiger partial charge in [0.2, 0.25) is 0 Å². The minimum Gasteiger partial charge on any atom is -0.493 e. The summed E-state index contributed by atoms with van der Waals surface area (Å²) in [6, 6.07) is 5.50. The van der Waals surface area contributed by atoms with E-state index < -0.39 is 5.91 Å². The summed E-state index contributed by atoms with van der Waals surface area (Å²) in [5.41, 5.74) is 4.98. The molecule has 15 heavy (non-hydrogen) atoms. The minimum absolute atomic E-state index is 0.144. The van der Waals surface area contributed by atoms with Gasteiger partial charge in [-0.15, -0.1) is 11.8 Å². The molecule has 5 heteroatoms. The van der Waals surface area contributed by atoms with Crippen LogP contribution in [0.1, 0.15) is 0 Å². The van der Waals surface area contributed by atoms with Crippen molar-refractivity contribution < 1.29 is 14.3 Å². The van der Waals surface area contributed by atoms with Crippen LogP contribution in [0.15, 0.2) is 23.1 Å². The molecule has 0 spiro atoms. The molecule has 0 aromatic heterocycles. The molecular formula is C10H13NO3S. The number of carbonyl (C=O) groups excluding carboxylic acids is 1. The molecule has 0 saturated carbocycles. The van der Waals surface area contributed by atoms with Gasteiger partial charge in [-0.05, 0) is 24.5 Å². The number of methoxy groups -OCH3 is 1. The molecule has 1 aromatic carbocycles. The lowest BCUT2D eigenvalue weighted by Crippen LogP contribution is -2.20. The number of rotatable bonds is 5. The first kappa shape index (κ1) is 11.7. The van der Waals surface area contributed by atoms with Gasteiger partial charge in [-0.25, -0.2) is 0 Å². The number of hydrogen-bond donors (Lipinski definition) is 1. The lowest BCUT2D eigenvalue weighted by atomic mass is 10.3. The van der Waals surface area contributed by atoms with Gasteiger partial charge >= 0.3 is 0 Å². The van der Waals surface area contributed by atoms with Crippen LogP contribution in [0.5, 0.6) is 11.5 Å². The average molecular weight is 227 g/mol. The maximum atomic E-state index is 10.5. The smallest absolute Gasteiger partial charge is 0.255 e. The summed E-state index contributed by atoms with van der Waals surface area (Å²) in [6.07, 6.45) is 1.97. The Kier molecular flexibility index (Phi) is 4.30. The molecule has 0 aliphatic rings. The fraction of sp³-hybridized carbons (Fsp3) is 0.300. The van der Waals surface area contributed by atoms with Crippen LogP contribution in [-0.4, -0.2) is 25.9 Å². The normalized spacial score (nSPS) is 9.73. The predicted molar refractivity (Wildman–Crippen MR) is 59.5 cm³/mol. The largest absolute Gasteiger partial charge is 0.493 e. The summed E-state index contributed by atoms with van der Waals surface area (Å²) in [5.74, 6) is 0.614. The van der Waals surface area contributed by atoms with Crippen LogP contribution in [-0.2, 0) is 4.79 Å². The van der Waals surface area contributed by atoms with E-state index in [4.69, 9.17) is 15.2 Å². The first-order chi connectivity index (χ1) is 7.17. The van der Waals surface area contributed by atoms with E-state index in [0.717, 1.165) is 4.90 Å². The van der Waals surface area contributed by atoms with Crippen LogP contribution >= 0.6 is 11.8 Å². The summed E-state index contributed by atoms with van der Waals surface area (Å²) < 4.78 is 10.3. The second-order valence-corrected chi connectivity index (χ2v) is 3.65. The molecule has 0 bridgehead atoms. The molecule has 0 aliphatic heterocycles. The van der Waals surface area contributed by atoms with Crippen LogP contribution in [0.4, 0.5) is 0 Å². The monoisotopic (exact) mass is 227 g/mol. The number of primary amides is 1. The Hall–Kier alpha value is -1.36. The second-order valence-electron chi connectivity index (χ2n) is 2.77. The highest BCUT2D eigenvalue weighted by Gasteiger charge is 2.06. The molecule has 4 nitrogen and oxygen atoms in total. The first-order valence-electron chi connectivity index (χ1n) is 4.30. The van der Waals surface area contributed by atoms with Gasteiger partial charge in [0.05, 0.1) is 7.11 Å². The highest BCUT2D eigenvalue weighted by Crippen LogP contribution is 2.31. The fourth-order valence-corrected chi connectivity index (χ4v) is 1.47. The van der Waals surface area contributed by atoms with Crippen LogP contribution in [0.2, 0.25) is 0 Å². The third-order valence-corrected chi connectivity index (χ3v) is 2.47. The maximum absolute atomic E-state index is 10.5. The summed E-state index contributed by atoms with van der Waals surface area (Å²) in [6.45, 7) is -0.144. The van der Waals surface area contributed by atoms with Crippen molar-refractivity contribution in [1.29, 1.82) is 0 Å². The number of amides is 1. The zero-order chi connectivity index (χ0) is 11.3. The third-order valence-electron chi connectivity index (χ3n) is 1.74. The fourth-order valence-electron chi connectivity index (χ4n) is 1.04. The van der Waals surface area contributed by atoms with Gasteiger partial charge < -0.3 is 15.2 Å². The Morgan fingerprint density at radius 2 is 2.20 bits per heavy atom. The molecule has 1 rings (SSSR count). The van der Waals surface area contributed by atoms with Crippen molar-refractivity contribution in [1.82, 2.24) is 0 Å². The van der Waals surface area contributed by atoms with E-state index in [9.17, 15) is 4.79 Å². The molecule has 0 atom stereocenters. The molecule has 2 N–H and O–H groups in total. The van der Waals surface area contributed by atoms with E-state index in [-0.39, 0.29) is 6.61 Å². The number of carbonyl (C=O) groups is 1. The van der Waals surface area contributed by atoms with Gasteiger partial charge in [-0.1, -0.05) is 0 Å². The van der Waals surface area contributed by atoms with E-state index in [1.54, 1.807) is 24.9 Å². The maximum Gasteiger partial charge on any atom is 0.255 e. The van der Waals surface area contributed by atoms with Crippen LogP contribution in [0.3, 0.4) is 0 Å². The van der Waals surface area contributed by atoms with Gasteiger partial charge in [0.25, 0.3) is 5.91 Å². The van der Waals surface area contributed by atoms with E-state index in [1.165, 1.54) is 0 Å². The van der Waals surface area contributed by atoms with Gasteiger partial charge in [-0.2, -0.15) is 0 Å². The molecule has 1 amide bonds. The van der Waals surface area contributed by atoms with Gasteiger partial charge in [0, 0.05) is 4.90 Å². The highest BCUT2D eigenvalue weighted by atomic mass is 32.2. The van der Waals surface area contributed by atoms with E-state index >= 15 is 0 Å². The molecule has 0 saturated heterocycles. The zero-order valence-corrected chi connectivity index (χ0v) is 9.47. The predicted octanol–water partition coefficient (Wildman–Crippen LogP) is 1.28. The second kappa shape index (κ2) is 5.50. The van der Waals surface area contributed by atoms with Gasteiger partial charge in [0.15, 0.2) is 18.1 Å². The number of hydrogen-bond acceptors (Lipinski definition) is 4. The highest BCUT2D eigenvalue weighted by molar-refractivity contribution is 7.98. The quantitative estimate of drug-likeness (QED) is 0.770. The third kappa shape index (κ3) is 3.36. The number of nitrogens with two attached hydrogens (primary N) is 1. The van der Waals surface area contributed by atoms with Crippen LogP contribution in [0.25, 0.3) is 0 Å². The molecule has 0 heterocycles. The van der Waals surface area contributed by atoms with Crippen molar-refractivity contribution in [2.45, 2.75) is 4.90 Å². The molecule has 0 aliphatic carbocycles. The summed E-state index contributed by atoms with van der Waals surface area (Å²) in [4.78, 5) is 11.6. The summed E-state index contributed by atoms with van der Waals surface area (Å²) in [7, 11) is 1.55. The topological polar surface area (TPSA) is 61.6 Å². The molecule has 0 fully saturated rings. The SMILES string of the molecule is COc1cc(SC)ccc1OCC(N)=O. The zero-order valence-electron chi connectivity index (χ0n) is 8.65. The van der Waals surface area contributed by atoms with E-state index in [1.807, 2.05) is 18.4 Å². The van der Waals surface area contributed by atoms with Gasteiger partial charge in [0.1, 0.15) is 0 Å². The van der Waals surface area contributed by atoms with Crippen molar-refractivity contribution in [3.63, 3.8) is 0 Å². The number of benzene rings is 1. The molecular weight excluding hydrogens is 214 g/mol. The number of ether oxygens (including phenoxy) is 2. The Morgan fingerprint density at radius 3 is 2.73 bits per heavy atom. The van der Waals surface area contributed by atoms with E-state index in [2.05, 4.69) is 0 Å². The van der Waals surface area contributed by atoms with E-state index in [0.29, 0.717) is 11.5 Å². The number of thioether (sulfide) groups is 1. The van der Waals surface area contributed by atoms with Crippen LogP contribution in [0, 0.1) is 0 Å². The lowest BCUT2D eigenvalue weighted by Gasteiger charge is -2.10. The first-order valence-corrected chi connectivity index (χ1v) is 5.53. The minimum atomic E-state index is -0.508. The molecule has 0 unspecified atom stereocenters. The Labute approximate surface area is 92.7 Å². The Bertz CT molecular complexity index is 355. The van der Waals surface area contributed by atoms with Crippen LogP contribution < -0.4 is 15.2 Å². The molecule has 1 aromatic rings. The van der Waals surface area contributed by atoms with Crippen molar-refractivity contribution in [2.75, 3.05) is 20.0 Å². The Balaban J connectivity index is 2.82. The van der Waals surface area contributed by atoms with Gasteiger partial charge in [-0.3, -0.25) is 4.79 Å². The standard InChI is InChI=1S/C10H13NO3S/c1-13-9-5-7(15-2)3-4-8(9)14-6-10(11)12/h3-5H,6H2,1-2H3,(H2,11,12).